The van der Waals surface area contributed by atoms with Crippen molar-refractivity contribution < 1.29 is 9.21 Å². The summed E-state index contributed by atoms with van der Waals surface area (Å²) in [6.45, 7) is 8.02. The lowest BCUT2D eigenvalue weighted by Crippen LogP contribution is -2.22. The fourth-order valence-electron chi connectivity index (χ4n) is 2.97. The van der Waals surface area contributed by atoms with Crippen LogP contribution in [0.2, 0.25) is 0 Å². The molecule has 1 aromatic heterocycles. The van der Waals surface area contributed by atoms with Crippen molar-refractivity contribution in [3.05, 3.63) is 65.2 Å². The molecule has 0 bridgehead atoms. The van der Waals surface area contributed by atoms with E-state index in [2.05, 4.69) is 23.7 Å². The zero-order valence-electron chi connectivity index (χ0n) is 15.3. The van der Waals surface area contributed by atoms with Gasteiger partial charge < -0.3 is 15.1 Å². The van der Waals surface area contributed by atoms with Gasteiger partial charge in [0.1, 0.15) is 11.1 Å². The number of carbonyl (C=O) groups excluding carboxylic acids is 1. The van der Waals surface area contributed by atoms with E-state index in [1.165, 1.54) is 0 Å². The van der Waals surface area contributed by atoms with Gasteiger partial charge in [0, 0.05) is 30.2 Å². The number of hydrogen-bond donors (Lipinski definition) is 1. The summed E-state index contributed by atoms with van der Waals surface area (Å²) in [5.74, 6) is -0.560. The molecular formula is C21H23N3O2. The lowest BCUT2D eigenvalue weighted by Gasteiger charge is -2.21. The minimum Gasteiger partial charge on any atom is -0.437 e. The quantitative estimate of drug-likeness (QED) is 0.759. The molecule has 5 heteroatoms. The van der Waals surface area contributed by atoms with Gasteiger partial charge in [0.05, 0.1) is 5.69 Å². The minimum absolute atomic E-state index is 0.229. The number of amides is 1. The summed E-state index contributed by atoms with van der Waals surface area (Å²) in [5, 5.41) is 0.817. The van der Waals surface area contributed by atoms with E-state index in [-0.39, 0.29) is 11.1 Å². The van der Waals surface area contributed by atoms with E-state index >= 15 is 0 Å². The smallest absolute Gasteiger partial charge is 0.254 e. The molecule has 2 N–H and O–H groups in total. The monoisotopic (exact) mass is 349 g/mol. The molecule has 1 heterocycles. The summed E-state index contributed by atoms with van der Waals surface area (Å²) in [6, 6.07) is 15.4. The van der Waals surface area contributed by atoms with Gasteiger partial charge in [-0.3, -0.25) is 4.79 Å². The second-order valence-corrected chi connectivity index (χ2v) is 6.17. The van der Waals surface area contributed by atoms with E-state index in [4.69, 9.17) is 10.2 Å². The number of carbonyl (C=O) groups is 1. The van der Waals surface area contributed by atoms with Crippen LogP contribution in [0.1, 0.15) is 29.8 Å². The minimum atomic E-state index is -0.560. The van der Waals surface area contributed by atoms with Gasteiger partial charge in [0.25, 0.3) is 5.91 Å². The maximum Gasteiger partial charge on any atom is 0.254 e. The average Bonchev–Trinajstić information content (AvgIpc) is 2.62. The maximum atomic E-state index is 11.9. The number of hydrogen-bond acceptors (Lipinski definition) is 4. The number of rotatable bonds is 5. The molecule has 0 aliphatic heterocycles. The Kier molecular flexibility index (Phi) is 5.07. The summed E-state index contributed by atoms with van der Waals surface area (Å²) >= 11 is 0. The normalized spacial score (nSPS) is 11.7. The summed E-state index contributed by atoms with van der Waals surface area (Å²) in [4.78, 5) is 18.6. The van der Waals surface area contributed by atoms with Gasteiger partial charge in [-0.2, -0.15) is 0 Å². The Bertz CT molecular complexity index is 1020. The van der Waals surface area contributed by atoms with Gasteiger partial charge in [-0.1, -0.05) is 12.1 Å². The van der Waals surface area contributed by atoms with Gasteiger partial charge in [-0.25, -0.2) is 4.99 Å². The van der Waals surface area contributed by atoms with Gasteiger partial charge in [-0.05, 0) is 56.7 Å². The van der Waals surface area contributed by atoms with Crippen LogP contribution >= 0.6 is 0 Å². The van der Waals surface area contributed by atoms with Crippen LogP contribution in [0.15, 0.2) is 57.9 Å². The maximum absolute atomic E-state index is 11.9. The van der Waals surface area contributed by atoms with E-state index in [0.29, 0.717) is 5.58 Å². The highest BCUT2D eigenvalue weighted by molar-refractivity contribution is 5.95. The van der Waals surface area contributed by atoms with Crippen LogP contribution in [-0.4, -0.2) is 19.0 Å². The first-order valence-electron chi connectivity index (χ1n) is 8.76. The summed E-state index contributed by atoms with van der Waals surface area (Å²) in [6.07, 6.45) is 0. The third-order valence-corrected chi connectivity index (χ3v) is 4.36. The van der Waals surface area contributed by atoms with Crippen LogP contribution in [0.5, 0.6) is 0 Å². The molecule has 0 saturated heterocycles. The van der Waals surface area contributed by atoms with Gasteiger partial charge in [0.2, 0.25) is 5.55 Å². The Morgan fingerprint density at radius 3 is 2.54 bits per heavy atom. The molecule has 0 saturated carbocycles. The van der Waals surface area contributed by atoms with Gasteiger partial charge in [0.15, 0.2) is 0 Å². The van der Waals surface area contributed by atoms with Crippen molar-refractivity contribution in [1.29, 1.82) is 0 Å². The topological polar surface area (TPSA) is 71.8 Å². The fraction of sp³-hybridized carbons (Fsp3) is 0.238. The third-order valence-electron chi connectivity index (χ3n) is 4.36. The highest BCUT2D eigenvalue weighted by atomic mass is 16.3. The van der Waals surface area contributed by atoms with Crippen LogP contribution in [-0.2, 0) is 0 Å². The van der Waals surface area contributed by atoms with Crippen molar-refractivity contribution in [2.75, 3.05) is 18.0 Å². The molecule has 5 nitrogen and oxygen atoms in total. The number of primary amides is 1. The van der Waals surface area contributed by atoms with Gasteiger partial charge >= 0.3 is 0 Å². The predicted molar refractivity (Wildman–Crippen MR) is 105 cm³/mol. The molecule has 0 aliphatic rings. The molecule has 0 fully saturated rings. The zero-order valence-corrected chi connectivity index (χ0v) is 15.3. The van der Waals surface area contributed by atoms with E-state index < -0.39 is 5.91 Å². The molecule has 3 rings (SSSR count). The molecule has 0 unspecified atom stereocenters. The third kappa shape index (κ3) is 3.61. The number of benzene rings is 2. The van der Waals surface area contributed by atoms with Crippen LogP contribution in [0.4, 0.5) is 11.4 Å². The molecular weight excluding hydrogens is 326 g/mol. The molecule has 0 radical (unpaired) electrons. The SMILES string of the molecule is CCN(CC)c1ccc2cc(C(N)=O)c(=Nc3cccc(C)c3)oc2c1. The van der Waals surface area contributed by atoms with Gasteiger partial charge in [-0.15, -0.1) is 0 Å². The summed E-state index contributed by atoms with van der Waals surface area (Å²) < 4.78 is 5.98. The van der Waals surface area contributed by atoms with Crippen LogP contribution < -0.4 is 16.2 Å². The predicted octanol–water partition coefficient (Wildman–Crippen LogP) is 3.92. The number of nitrogens with two attached hydrogens (primary N) is 1. The van der Waals surface area contributed by atoms with Crippen LogP contribution in [0.25, 0.3) is 11.0 Å². The Labute approximate surface area is 152 Å². The molecule has 26 heavy (non-hydrogen) atoms. The zero-order chi connectivity index (χ0) is 18.7. The van der Waals surface area contributed by atoms with Crippen molar-refractivity contribution in [3.8, 4) is 0 Å². The molecule has 0 aliphatic carbocycles. The summed E-state index contributed by atoms with van der Waals surface area (Å²) in [7, 11) is 0. The highest BCUT2D eigenvalue weighted by Gasteiger charge is 2.11. The van der Waals surface area contributed by atoms with Crippen molar-refractivity contribution in [1.82, 2.24) is 0 Å². The largest absolute Gasteiger partial charge is 0.437 e. The highest BCUT2D eigenvalue weighted by Crippen LogP contribution is 2.22. The number of anilines is 1. The van der Waals surface area contributed by atoms with E-state index in [1.807, 2.05) is 49.4 Å². The Hall–Kier alpha value is -3.08. The van der Waals surface area contributed by atoms with E-state index in [9.17, 15) is 4.79 Å². The first kappa shape index (κ1) is 17.7. The van der Waals surface area contributed by atoms with Crippen molar-refractivity contribution in [2.24, 2.45) is 10.7 Å². The standard InChI is InChI=1S/C21H23N3O2/c1-4-24(5-2)17-10-9-15-12-18(20(22)25)21(26-19(15)13-17)23-16-8-6-7-14(3)11-16/h6-13H,4-5H2,1-3H3,(H2,22,25). The fourth-order valence-corrected chi connectivity index (χ4v) is 2.97. The molecule has 0 atom stereocenters. The molecule has 3 aromatic rings. The molecule has 0 spiro atoms. The lowest BCUT2D eigenvalue weighted by atomic mass is 10.1. The first-order chi connectivity index (χ1) is 12.5. The van der Waals surface area contributed by atoms with Crippen LogP contribution in [0, 0.1) is 6.92 Å². The van der Waals surface area contributed by atoms with E-state index in [0.717, 1.165) is 35.4 Å². The number of aryl methyl sites for hydroxylation is 1. The first-order valence-corrected chi connectivity index (χ1v) is 8.76. The van der Waals surface area contributed by atoms with Crippen molar-refractivity contribution >= 4 is 28.3 Å². The Balaban J connectivity index is 2.22. The molecule has 134 valence electrons. The second kappa shape index (κ2) is 7.44. The van der Waals surface area contributed by atoms with Crippen molar-refractivity contribution in [3.63, 3.8) is 0 Å². The lowest BCUT2D eigenvalue weighted by molar-refractivity contribution is 0.0996. The second-order valence-electron chi connectivity index (χ2n) is 6.17. The number of fused-ring (bicyclic) bond motifs is 1. The summed E-state index contributed by atoms with van der Waals surface area (Å²) in [5.41, 5.74) is 9.58. The van der Waals surface area contributed by atoms with Crippen LogP contribution in [0.3, 0.4) is 0 Å². The van der Waals surface area contributed by atoms with Crippen molar-refractivity contribution in [2.45, 2.75) is 20.8 Å². The van der Waals surface area contributed by atoms with E-state index in [1.54, 1.807) is 6.07 Å². The average molecular weight is 349 g/mol. The number of nitrogens with zero attached hydrogens (tertiary/aromatic N) is 2. The molecule has 2 aromatic carbocycles. The molecule has 1 amide bonds. The Morgan fingerprint density at radius 1 is 1.12 bits per heavy atom. The Morgan fingerprint density at radius 2 is 1.88 bits per heavy atom.